The van der Waals surface area contributed by atoms with Gasteiger partial charge in [0.15, 0.2) is 17.4 Å². The first-order valence-electron chi connectivity index (χ1n) is 5.66. The van der Waals surface area contributed by atoms with Crippen molar-refractivity contribution in [1.82, 2.24) is 0 Å². The van der Waals surface area contributed by atoms with Crippen molar-refractivity contribution in [2.75, 3.05) is 0 Å². The second kappa shape index (κ2) is 6.15. The van der Waals surface area contributed by atoms with Crippen molar-refractivity contribution in [3.05, 3.63) is 63.9 Å². The molecule has 2 rings (SSSR count). The maximum Gasteiger partial charge on any atom is 0.191 e. The summed E-state index contributed by atoms with van der Waals surface area (Å²) >= 11 is 5.59. The summed E-state index contributed by atoms with van der Waals surface area (Å²) in [5.41, 5.74) is 0.212. The number of benzene rings is 2. The summed E-state index contributed by atoms with van der Waals surface area (Å²) in [7, 11) is 0. The zero-order valence-electron chi connectivity index (χ0n) is 10.2. The molecule has 6 heteroatoms. The van der Waals surface area contributed by atoms with E-state index >= 15 is 0 Å². The van der Waals surface area contributed by atoms with Crippen molar-refractivity contribution in [3.63, 3.8) is 0 Å². The molecule has 106 valence electrons. The number of halogens is 4. The molecule has 0 amide bonds. The number of aliphatic hydroxyl groups is 1. The summed E-state index contributed by atoms with van der Waals surface area (Å²) in [6.45, 7) is -0.824. The van der Waals surface area contributed by atoms with E-state index in [0.29, 0.717) is 0 Å². The lowest BCUT2D eigenvalue weighted by atomic mass is 10.2. The van der Waals surface area contributed by atoms with E-state index < -0.39 is 29.8 Å². The average molecular weight is 303 g/mol. The minimum absolute atomic E-state index is 0.0880. The van der Waals surface area contributed by atoms with Crippen LogP contribution in [0.2, 0.25) is 5.02 Å². The van der Waals surface area contributed by atoms with Crippen molar-refractivity contribution in [2.45, 2.75) is 13.2 Å². The van der Waals surface area contributed by atoms with E-state index in [9.17, 15) is 13.2 Å². The molecule has 0 aromatic heterocycles. The van der Waals surface area contributed by atoms with Gasteiger partial charge in [0.1, 0.15) is 12.4 Å². The van der Waals surface area contributed by atoms with E-state index in [-0.39, 0.29) is 22.8 Å². The summed E-state index contributed by atoms with van der Waals surface area (Å²) in [5.74, 6) is -3.14. The maximum atomic E-state index is 13.6. The Balaban J connectivity index is 2.19. The van der Waals surface area contributed by atoms with Crippen LogP contribution in [-0.2, 0) is 13.2 Å². The Bertz CT molecular complexity index is 609. The third kappa shape index (κ3) is 3.23. The predicted octanol–water partition coefficient (Wildman–Crippen LogP) is 3.83. The molecule has 0 bridgehead atoms. The fraction of sp³-hybridized carbons (Fsp3) is 0.143. The van der Waals surface area contributed by atoms with Crippen molar-refractivity contribution in [1.29, 1.82) is 0 Å². The van der Waals surface area contributed by atoms with Crippen LogP contribution in [0.15, 0.2) is 30.3 Å². The predicted molar refractivity (Wildman–Crippen MR) is 68.0 cm³/mol. The standard InChI is InChI=1S/C14H10ClF3O2/c15-10-2-1-9(11(16)5-10)7-20-14-12(17)3-8(6-19)4-13(14)18/h1-5,19H,6-7H2. The Morgan fingerprint density at radius 1 is 1.00 bits per heavy atom. The number of rotatable bonds is 4. The fourth-order valence-corrected chi connectivity index (χ4v) is 1.79. The Kier molecular flexibility index (Phi) is 4.52. The monoisotopic (exact) mass is 302 g/mol. The number of hydrogen-bond acceptors (Lipinski definition) is 2. The van der Waals surface area contributed by atoms with Crippen LogP contribution in [0.3, 0.4) is 0 Å². The van der Waals surface area contributed by atoms with Gasteiger partial charge in [0.2, 0.25) is 0 Å². The van der Waals surface area contributed by atoms with Crippen LogP contribution in [-0.4, -0.2) is 5.11 Å². The van der Waals surface area contributed by atoms with Crippen LogP contribution in [0, 0.1) is 17.5 Å². The summed E-state index contributed by atoms with van der Waals surface area (Å²) < 4.78 is 45.6. The fourth-order valence-electron chi connectivity index (χ4n) is 1.63. The lowest BCUT2D eigenvalue weighted by molar-refractivity contribution is 0.263. The molecule has 0 saturated carbocycles. The van der Waals surface area contributed by atoms with E-state index in [1.807, 2.05) is 0 Å². The van der Waals surface area contributed by atoms with Gasteiger partial charge in [-0.1, -0.05) is 17.7 Å². The van der Waals surface area contributed by atoms with Gasteiger partial charge in [-0.2, -0.15) is 0 Å². The molecule has 0 heterocycles. The van der Waals surface area contributed by atoms with Crippen LogP contribution < -0.4 is 4.74 Å². The highest BCUT2D eigenvalue weighted by atomic mass is 35.5. The SMILES string of the molecule is OCc1cc(F)c(OCc2ccc(Cl)cc2F)c(F)c1. The van der Waals surface area contributed by atoms with Gasteiger partial charge >= 0.3 is 0 Å². The Hall–Kier alpha value is -1.72. The molecular weight excluding hydrogens is 293 g/mol. The molecule has 0 fully saturated rings. The van der Waals surface area contributed by atoms with Gasteiger partial charge in [0, 0.05) is 10.6 Å². The first-order valence-corrected chi connectivity index (χ1v) is 6.04. The second-order valence-corrected chi connectivity index (χ2v) is 4.51. The van der Waals surface area contributed by atoms with Gasteiger partial charge in [-0.25, -0.2) is 13.2 Å². The summed E-state index contributed by atoms with van der Waals surface area (Å²) in [6, 6.07) is 5.82. The number of ether oxygens (including phenoxy) is 1. The van der Waals surface area contributed by atoms with Crippen LogP contribution in [0.5, 0.6) is 5.75 Å². The average Bonchev–Trinajstić information content (AvgIpc) is 2.39. The second-order valence-electron chi connectivity index (χ2n) is 4.07. The summed E-state index contributed by atoms with van der Waals surface area (Å²) in [4.78, 5) is 0. The van der Waals surface area contributed by atoms with Gasteiger partial charge in [0.05, 0.1) is 6.61 Å². The molecule has 0 atom stereocenters. The van der Waals surface area contributed by atoms with E-state index in [4.69, 9.17) is 21.4 Å². The Labute approximate surface area is 118 Å². The third-order valence-corrected chi connectivity index (χ3v) is 2.86. The van der Waals surface area contributed by atoms with E-state index in [0.717, 1.165) is 18.2 Å². The molecule has 0 radical (unpaired) electrons. The minimum Gasteiger partial charge on any atom is -0.483 e. The molecule has 0 spiro atoms. The van der Waals surface area contributed by atoms with Gasteiger partial charge in [-0.3, -0.25) is 0 Å². The van der Waals surface area contributed by atoms with E-state index in [1.54, 1.807) is 0 Å². The van der Waals surface area contributed by atoms with Crippen molar-refractivity contribution in [2.24, 2.45) is 0 Å². The molecule has 2 nitrogen and oxygen atoms in total. The molecule has 1 N–H and O–H groups in total. The van der Waals surface area contributed by atoms with Gasteiger partial charge in [0.25, 0.3) is 0 Å². The molecule has 0 aliphatic rings. The minimum atomic E-state index is -0.955. The van der Waals surface area contributed by atoms with Crippen molar-refractivity contribution < 1.29 is 23.0 Å². The highest BCUT2D eigenvalue weighted by molar-refractivity contribution is 6.30. The molecule has 2 aromatic carbocycles. The molecule has 20 heavy (non-hydrogen) atoms. The normalized spacial score (nSPS) is 10.7. The van der Waals surface area contributed by atoms with Crippen LogP contribution >= 0.6 is 11.6 Å². The third-order valence-electron chi connectivity index (χ3n) is 2.63. The zero-order valence-corrected chi connectivity index (χ0v) is 10.9. The number of aliphatic hydroxyl groups excluding tert-OH is 1. The van der Waals surface area contributed by atoms with Crippen molar-refractivity contribution >= 4 is 11.6 Å². The maximum absolute atomic E-state index is 13.6. The first-order chi connectivity index (χ1) is 9.51. The lowest BCUT2D eigenvalue weighted by Gasteiger charge is -2.10. The van der Waals surface area contributed by atoms with Crippen molar-refractivity contribution in [3.8, 4) is 5.75 Å². The van der Waals surface area contributed by atoms with Crippen LogP contribution in [0.4, 0.5) is 13.2 Å². The van der Waals surface area contributed by atoms with Gasteiger partial charge < -0.3 is 9.84 Å². The topological polar surface area (TPSA) is 29.5 Å². The summed E-state index contributed by atoms with van der Waals surface area (Å²) in [6.07, 6.45) is 0. The van der Waals surface area contributed by atoms with E-state index in [2.05, 4.69) is 0 Å². The highest BCUT2D eigenvalue weighted by Gasteiger charge is 2.13. The smallest absolute Gasteiger partial charge is 0.191 e. The lowest BCUT2D eigenvalue weighted by Crippen LogP contribution is -2.03. The molecule has 0 unspecified atom stereocenters. The molecule has 0 aliphatic heterocycles. The molecule has 0 aliphatic carbocycles. The molecule has 2 aromatic rings. The quantitative estimate of drug-likeness (QED) is 0.930. The Morgan fingerprint density at radius 2 is 1.65 bits per heavy atom. The zero-order chi connectivity index (χ0) is 14.7. The Morgan fingerprint density at radius 3 is 2.20 bits per heavy atom. The van der Waals surface area contributed by atoms with Gasteiger partial charge in [-0.15, -0.1) is 0 Å². The molecule has 0 saturated heterocycles. The first kappa shape index (κ1) is 14.7. The van der Waals surface area contributed by atoms with Crippen LogP contribution in [0.1, 0.15) is 11.1 Å². The van der Waals surface area contributed by atoms with Crippen LogP contribution in [0.25, 0.3) is 0 Å². The largest absolute Gasteiger partial charge is 0.483 e. The van der Waals surface area contributed by atoms with Gasteiger partial charge in [-0.05, 0) is 29.8 Å². The summed E-state index contributed by atoms with van der Waals surface area (Å²) in [5, 5.41) is 9.03. The highest BCUT2D eigenvalue weighted by Crippen LogP contribution is 2.25. The number of hydrogen-bond donors (Lipinski definition) is 1. The van der Waals surface area contributed by atoms with E-state index in [1.165, 1.54) is 12.1 Å². The molecular formula is C14H10ClF3O2.